The molecule has 0 bridgehead atoms. The fourth-order valence-electron chi connectivity index (χ4n) is 3.89. The Morgan fingerprint density at radius 3 is 2.64 bits per heavy atom. The maximum absolute atomic E-state index is 12.6. The predicted octanol–water partition coefficient (Wildman–Crippen LogP) is 4.18. The second-order valence-electron chi connectivity index (χ2n) is 8.11. The van der Waals surface area contributed by atoms with Crippen LogP contribution >= 0.6 is 0 Å². The topological polar surface area (TPSA) is 97.6 Å². The van der Waals surface area contributed by atoms with Gasteiger partial charge in [-0.1, -0.05) is 18.2 Å². The van der Waals surface area contributed by atoms with Gasteiger partial charge in [-0.15, -0.1) is 0 Å². The first kappa shape index (κ1) is 23.2. The van der Waals surface area contributed by atoms with Gasteiger partial charge in [0.05, 0.1) is 17.8 Å². The van der Waals surface area contributed by atoms with E-state index in [2.05, 4.69) is 10.0 Å². The van der Waals surface area contributed by atoms with Crippen LogP contribution < -0.4 is 10.0 Å². The molecule has 4 rings (SSSR count). The predicted molar refractivity (Wildman–Crippen MR) is 125 cm³/mol. The third kappa shape index (κ3) is 6.54. The molecule has 33 heavy (non-hydrogen) atoms. The average molecular weight is 469 g/mol. The lowest BCUT2D eigenvalue weighted by molar-refractivity contribution is -0.116. The van der Waals surface area contributed by atoms with Crippen molar-refractivity contribution < 1.29 is 22.4 Å². The number of furan rings is 1. The number of aryl methyl sites for hydroxylation is 2. The van der Waals surface area contributed by atoms with Crippen molar-refractivity contribution in [3.63, 3.8) is 0 Å². The number of carbonyl (C=O) groups excluding carboxylic acids is 1. The zero-order valence-electron chi connectivity index (χ0n) is 18.4. The van der Waals surface area contributed by atoms with Crippen LogP contribution in [0.15, 0.2) is 70.2 Å². The Morgan fingerprint density at radius 2 is 1.82 bits per heavy atom. The van der Waals surface area contributed by atoms with E-state index in [9.17, 15) is 13.2 Å². The summed E-state index contributed by atoms with van der Waals surface area (Å²) in [4.78, 5) is 12.6. The van der Waals surface area contributed by atoms with Crippen LogP contribution in [0.4, 0.5) is 5.69 Å². The molecule has 8 heteroatoms. The first-order chi connectivity index (χ1) is 16.0. The van der Waals surface area contributed by atoms with Crippen molar-refractivity contribution in [2.45, 2.75) is 50.2 Å². The van der Waals surface area contributed by atoms with Gasteiger partial charge in [0.2, 0.25) is 15.9 Å². The van der Waals surface area contributed by atoms with E-state index in [0.29, 0.717) is 18.9 Å². The van der Waals surface area contributed by atoms with Gasteiger partial charge in [-0.3, -0.25) is 4.79 Å². The highest BCUT2D eigenvalue weighted by Crippen LogP contribution is 2.24. The highest BCUT2D eigenvalue weighted by atomic mass is 32.2. The summed E-state index contributed by atoms with van der Waals surface area (Å²) in [5.74, 6) is 0.481. The Kier molecular flexibility index (Phi) is 7.59. The smallest absolute Gasteiger partial charge is 0.240 e. The lowest BCUT2D eigenvalue weighted by atomic mass is 9.92. The van der Waals surface area contributed by atoms with Crippen LogP contribution in [0.2, 0.25) is 0 Å². The molecule has 0 atom stereocenters. The molecule has 1 aliphatic rings. The molecule has 1 aliphatic carbocycles. The highest BCUT2D eigenvalue weighted by Gasteiger charge is 2.18. The fraction of sp³-hybridized carbons (Fsp3) is 0.320. The minimum atomic E-state index is -3.65. The quantitative estimate of drug-likeness (QED) is 0.465. The summed E-state index contributed by atoms with van der Waals surface area (Å²) in [7, 11) is -3.65. The Bertz CT molecular complexity index is 1190. The molecule has 1 heterocycles. The van der Waals surface area contributed by atoms with E-state index < -0.39 is 10.0 Å². The Hall–Kier alpha value is -2.94. The molecule has 0 fully saturated rings. The first-order valence-corrected chi connectivity index (χ1v) is 12.6. The van der Waals surface area contributed by atoms with E-state index >= 15 is 0 Å². The molecule has 0 saturated heterocycles. The number of amides is 1. The van der Waals surface area contributed by atoms with Crippen LogP contribution in [0.1, 0.15) is 41.7 Å². The highest BCUT2D eigenvalue weighted by molar-refractivity contribution is 7.89. The number of benzene rings is 2. The van der Waals surface area contributed by atoms with Crippen molar-refractivity contribution in [3.8, 4) is 0 Å². The standard InChI is InChI=1S/C25H28N2O5S/c28-25(27-22-8-3-5-19(15-22)17-31-18-23-9-4-14-32-23)12-13-26-33(29,30)24-11-10-20-6-1-2-7-21(20)16-24/h3-5,8-11,14-16,26H,1-2,6-7,12-13,17-18H2,(H,27,28). The molecule has 3 aromatic rings. The van der Waals surface area contributed by atoms with Crippen LogP contribution in [0.3, 0.4) is 0 Å². The molecule has 0 saturated carbocycles. The largest absolute Gasteiger partial charge is 0.467 e. The number of anilines is 1. The number of fused-ring (bicyclic) bond motifs is 1. The minimum absolute atomic E-state index is 0.0250. The third-order valence-corrected chi connectivity index (χ3v) is 7.04. The van der Waals surface area contributed by atoms with Crippen molar-refractivity contribution in [2.24, 2.45) is 0 Å². The fourth-order valence-corrected chi connectivity index (χ4v) is 4.97. The van der Waals surface area contributed by atoms with E-state index in [4.69, 9.17) is 9.15 Å². The van der Waals surface area contributed by atoms with Gasteiger partial charge in [-0.05, 0) is 78.8 Å². The third-order valence-electron chi connectivity index (χ3n) is 5.58. The summed E-state index contributed by atoms with van der Waals surface area (Å²) in [6.07, 6.45) is 5.77. The molecule has 0 spiro atoms. The summed E-state index contributed by atoms with van der Waals surface area (Å²) >= 11 is 0. The van der Waals surface area contributed by atoms with Crippen molar-refractivity contribution in [2.75, 3.05) is 11.9 Å². The number of rotatable bonds is 10. The minimum Gasteiger partial charge on any atom is -0.467 e. The second-order valence-corrected chi connectivity index (χ2v) is 9.87. The molecular weight excluding hydrogens is 440 g/mol. The molecule has 7 nitrogen and oxygen atoms in total. The number of sulfonamides is 1. The van der Waals surface area contributed by atoms with Gasteiger partial charge in [0.25, 0.3) is 0 Å². The van der Waals surface area contributed by atoms with Crippen LogP contribution in [-0.4, -0.2) is 20.9 Å². The van der Waals surface area contributed by atoms with Crippen molar-refractivity contribution in [1.29, 1.82) is 0 Å². The summed E-state index contributed by atoms with van der Waals surface area (Å²) in [6.45, 7) is 0.774. The number of nitrogens with one attached hydrogen (secondary N) is 2. The van der Waals surface area contributed by atoms with E-state index in [1.165, 1.54) is 5.56 Å². The van der Waals surface area contributed by atoms with E-state index in [1.54, 1.807) is 24.5 Å². The van der Waals surface area contributed by atoms with Gasteiger partial charge < -0.3 is 14.5 Å². The summed E-state index contributed by atoms with van der Waals surface area (Å²) in [5, 5.41) is 2.81. The summed E-state index contributed by atoms with van der Waals surface area (Å²) in [6, 6.07) is 16.3. The molecule has 174 valence electrons. The van der Waals surface area contributed by atoms with Gasteiger partial charge in [0, 0.05) is 18.7 Å². The van der Waals surface area contributed by atoms with Crippen molar-refractivity contribution >= 4 is 21.6 Å². The zero-order chi connectivity index (χ0) is 23.1. The molecule has 2 N–H and O–H groups in total. The Labute approximate surface area is 194 Å². The van der Waals surface area contributed by atoms with E-state index in [1.807, 2.05) is 36.4 Å². The Morgan fingerprint density at radius 1 is 0.970 bits per heavy atom. The van der Waals surface area contributed by atoms with Gasteiger partial charge in [-0.25, -0.2) is 13.1 Å². The lowest BCUT2D eigenvalue weighted by Gasteiger charge is -2.16. The van der Waals surface area contributed by atoms with Crippen LogP contribution in [0.5, 0.6) is 0 Å². The number of ether oxygens (including phenoxy) is 1. The second kappa shape index (κ2) is 10.8. The molecular formula is C25H28N2O5S. The normalized spacial score (nSPS) is 13.5. The van der Waals surface area contributed by atoms with Crippen LogP contribution in [0.25, 0.3) is 0 Å². The first-order valence-electron chi connectivity index (χ1n) is 11.1. The maximum Gasteiger partial charge on any atom is 0.240 e. The number of hydrogen-bond acceptors (Lipinski definition) is 5. The van der Waals surface area contributed by atoms with Gasteiger partial charge in [0.1, 0.15) is 12.4 Å². The van der Waals surface area contributed by atoms with Crippen molar-refractivity contribution in [1.82, 2.24) is 4.72 Å². The van der Waals surface area contributed by atoms with Crippen LogP contribution in [0, 0.1) is 0 Å². The van der Waals surface area contributed by atoms with Crippen LogP contribution in [-0.2, 0) is 45.6 Å². The Balaban J connectivity index is 1.24. The SMILES string of the molecule is O=C(CCNS(=O)(=O)c1ccc2c(c1)CCCC2)Nc1cccc(COCc2ccco2)c1. The van der Waals surface area contributed by atoms with Gasteiger partial charge in [0.15, 0.2) is 0 Å². The molecule has 2 aromatic carbocycles. The van der Waals surface area contributed by atoms with Gasteiger partial charge >= 0.3 is 0 Å². The van der Waals surface area contributed by atoms with Gasteiger partial charge in [-0.2, -0.15) is 0 Å². The summed E-state index contributed by atoms with van der Waals surface area (Å²) in [5.41, 5.74) is 3.88. The van der Waals surface area contributed by atoms with E-state index in [0.717, 1.165) is 42.6 Å². The molecule has 0 unspecified atom stereocenters. The summed E-state index contributed by atoms with van der Waals surface area (Å²) < 4.78 is 38.6. The number of carbonyl (C=O) groups is 1. The monoisotopic (exact) mass is 468 g/mol. The molecule has 1 aromatic heterocycles. The van der Waals surface area contributed by atoms with Crippen molar-refractivity contribution in [3.05, 3.63) is 83.3 Å². The average Bonchev–Trinajstić information content (AvgIpc) is 3.32. The van der Waals surface area contributed by atoms with E-state index in [-0.39, 0.29) is 23.8 Å². The molecule has 1 amide bonds. The molecule has 0 radical (unpaired) electrons. The maximum atomic E-state index is 12.6. The number of hydrogen-bond donors (Lipinski definition) is 2. The lowest BCUT2D eigenvalue weighted by Crippen LogP contribution is -2.28. The zero-order valence-corrected chi connectivity index (χ0v) is 19.2. The molecule has 0 aliphatic heterocycles.